The molecular formula is C15H26NO+. The number of para-hydroxylation sites is 1. The normalized spacial score (nSPS) is 12.8. The molecule has 1 rings (SSSR count). The lowest BCUT2D eigenvalue weighted by molar-refractivity contribution is -0.683. The molecule has 0 heterocycles. The zero-order valence-corrected chi connectivity index (χ0v) is 11.6. The highest BCUT2D eigenvalue weighted by Gasteiger charge is 2.09. The molecule has 1 aromatic rings. The number of ether oxygens (including phenoxy) is 1. The molecule has 0 amide bonds. The van der Waals surface area contributed by atoms with Gasteiger partial charge in [-0.3, -0.25) is 0 Å². The summed E-state index contributed by atoms with van der Waals surface area (Å²) in [5, 5.41) is 2.30. The van der Waals surface area contributed by atoms with Crippen molar-refractivity contribution >= 4 is 0 Å². The fourth-order valence-corrected chi connectivity index (χ4v) is 1.81. The van der Waals surface area contributed by atoms with E-state index in [1.54, 1.807) is 0 Å². The Morgan fingerprint density at radius 1 is 1.18 bits per heavy atom. The summed E-state index contributed by atoms with van der Waals surface area (Å²) in [6, 6.07) is 9.04. The number of quaternary nitrogens is 1. The summed E-state index contributed by atoms with van der Waals surface area (Å²) in [7, 11) is 0. The molecule has 0 bridgehead atoms. The van der Waals surface area contributed by atoms with Crippen molar-refractivity contribution in [3.63, 3.8) is 0 Å². The first-order valence-corrected chi connectivity index (χ1v) is 6.70. The van der Waals surface area contributed by atoms with E-state index in [1.807, 2.05) is 6.07 Å². The van der Waals surface area contributed by atoms with Crippen LogP contribution in [0.3, 0.4) is 0 Å². The predicted octanol–water partition coefficient (Wildman–Crippen LogP) is 2.55. The summed E-state index contributed by atoms with van der Waals surface area (Å²) in [6.45, 7) is 10.7. The molecule has 0 saturated carbocycles. The van der Waals surface area contributed by atoms with Crippen molar-refractivity contribution in [3.8, 4) is 5.75 Å². The van der Waals surface area contributed by atoms with Gasteiger partial charge < -0.3 is 10.1 Å². The highest BCUT2D eigenvalue weighted by atomic mass is 16.5. The molecule has 2 heteroatoms. The zero-order valence-electron chi connectivity index (χ0n) is 11.6. The fourth-order valence-electron chi connectivity index (χ4n) is 1.81. The fraction of sp³-hybridized carbons (Fsp3) is 0.600. The summed E-state index contributed by atoms with van der Waals surface area (Å²) in [6.07, 6.45) is 1.15. The van der Waals surface area contributed by atoms with Crippen molar-refractivity contribution in [1.29, 1.82) is 0 Å². The van der Waals surface area contributed by atoms with E-state index in [0.717, 1.165) is 25.3 Å². The van der Waals surface area contributed by atoms with Crippen molar-refractivity contribution < 1.29 is 10.1 Å². The van der Waals surface area contributed by atoms with Crippen LogP contribution in [0, 0.1) is 0 Å². The zero-order chi connectivity index (χ0) is 12.7. The predicted molar refractivity (Wildman–Crippen MR) is 72.6 cm³/mol. The van der Waals surface area contributed by atoms with Gasteiger partial charge in [0.1, 0.15) is 18.9 Å². The minimum absolute atomic E-state index is 0.570. The third kappa shape index (κ3) is 4.78. The molecule has 0 unspecified atom stereocenters. The largest absolute Gasteiger partial charge is 0.487 e. The minimum atomic E-state index is 0.570. The molecule has 0 aromatic heterocycles. The molecular weight excluding hydrogens is 210 g/mol. The van der Waals surface area contributed by atoms with Crippen molar-refractivity contribution in [3.05, 3.63) is 29.8 Å². The van der Waals surface area contributed by atoms with Crippen LogP contribution in [0.2, 0.25) is 0 Å². The Bertz CT molecular complexity index is 322. The highest BCUT2D eigenvalue weighted by molar-refractivity contribution is 5.35. The quantitative estimate of drug-likeness (QED) is 0.723. The van der Waals surface area contributed by atoms with Gasteiger partial charge in [0.15, 0.2) is 0 Å². The Kier molecular flexibility index (Phi) is 6.06. The van der Waals surface area contributed by atoms with E-state index in [9.17, 15) is 0 Å². The summed E-state index contributed by atoms with van der Waals surface area (Å²) in [4.78, 5) is 0. The van der Waals surface area contributed by atoms with Crippen molar-refractivity contribution in [2.45, 2.75) is 46.1 Å². The van der Waals surface area contributed by atoms with E-state index in [4.69, 9.17) is 4.74 Å². The van der Waals surface area contributed by atoms with Crippen LogP contribution in [-0.2, 0) is 0 Å². The van der Waals surface area contributed by atoms with Crippen LogP contribution >= 0.6 is 0 Å². The smallest absolute Gasteiger partial charge is 0.137 e. The van der Waals surface area contributed by atoms with Crippen LogP contribution in [0.1, 0.15) is 45.6 Å². The first kappa shape index (κ1) is 14.0. The van der Waals surface area contributed by atoms with Gasteiger partial charge in [0.25, 0.3) is 0 Å². The van der Waals surface area contributed by atoms with Gasteiger partial charge in [0.2, 0.25) is 0 Å². The van der Waals surface area contributed by atoms with Gasteiger partial charge in [0, 0.05) is 0 Å². The average molecular weight is 236 g/mol. The minimum Gasteiger partial charge on any atom is -0.487 e. The van der Waals surface area contributed by atoms with Crippen LogP contribution in [-0.4, -0.2) is 19.2 Å². The molecule has 2 N–H and O–H groups in total. The number of hydrogen-bond donors (Lipinski definition) is 1. The molecule has 0 aliphatic rings. The number of hydrogen-bond acceptors (Lipinski definition) is 1. The Morgan fingerprint density at radius 2 is 1.88 bits per heavy atom. The van der Waals surface area contributed by atoms with Crippen LogP contribution in [0.25, 0.3) is 0 Å². The maximum Gasteiger partial charge on any atom is 0.137 e. The molecule has 0 spiro atoms. The molecule has 0 radical (unpaired) electrons. The lowest BCUT2D eigenvalue weighted by atomic mass is 9.98. The SMILES string of the molecule is CC[C@@H](C)c1ccccc1OCC[NH2+]C(C)C. The summed E-state index contributed by atoms with van der Waals surface area (Å²) in [5.41, 5.74) is 1.33. The molecule has 17 heavy (non-hydrogen) atoms. The van der Waals surface area contributed by atoms with Gasteiger partial charge in [-0.05, 0) is 37.8 Å². The third-order valence-electron chi connectivity index (χ3n) is 3.08. The maximum absolute atomic E-state index is 5.88. The molecule has 0 fully saturated rings. The number of benzene rings is 1. The Balaban J connectivity index is 2.52. The van der Waals surface area contributed by atoms with Gasteiger partial charge >= 0.3 is 0 Å². The molecule has 0 aliphatic heterocycles. The van der Waals surface area contributed by atoms with Gasteiger partial charge in [-0.15, -0.1) is 0 Å². The molecule has 0 aliphatic carbocycles. The standard InChI is InChI=1S/C15H25NO/c1-5-13(4)14-8-6-7-9-15(14)17-11-10-16-12(2)3/h6-9,12-13,16H,5,10-11H2,1-4H3/p+1/t13-/m1/s1. The molecule has 2 nitrogen and oxygen atoms in total. The lowest BCUT2D eigenvalue weighted by Crippen LogP contribution is -2.89. The molecule has 1 atom stereocenters. The van der Waals surface area contributed by atoms with Crippen molar-refractivity contribution in [1.82, 2.24) is 0 Å². The lowest BCUT2D eigenvalue weighted by Gasteiger charge is -2.15. The molecule has 96 valence electrons. The van der Waals surface area contributed by atoms with Crippen LogP contribution < -0.4 is 10.1 Å². The Labute approximate surface area is 105 Å². The number of rotatable bonds is 7. The van der Waals surface area contributed by atoms with Gasteiger partial charge in [-0.2, -0.15) is 0 Å². The van der Waals surface area contributed by atoms with Crippen LogP contribution in [0.15, 0.2) is 24.3 Å². The second kappa shape index (κ2) is 7.33. The van der Waals surface area contributed by atoms with Crippen LogP contribution in [0.5, 0.6) is 5.75 Å². The average Bonchev–Trinajstić information content (AvgIpc) is 2.34. The van der Waals surface area contributed by atoms with Crippen LogP contribution in [0.4, 0.5) is 0 Å². The highest BCUT2D eigenvalue weighted by Crippen LogP contribution is 2.28. The van der Waals surface area contributed by atoms with Crippen molar-refractivity contribution in [2.75, 3.05) is 13.2 Å². The third-order valence-corrected chi connectivity index (χ3v) is 3.08. The van der Waals surface area contributed by atoms with E-state index in [0.29, 0.717) is 12.0 Å². The van der Waals surface area contributed by atoms with Crippen molar-refractivity contribution in [2.24, 2.45) is 0 Å². The van der Waals surface area contributed by atoms with E-state index < -0.39 is 0 Å². The van der Waals surface area contributed by atoms with E-state index >= 15 is 0 Å². The number of nitrogens with two attached hydrogens (primary N) is 1. The first-order chi connectivity index (χ1) is 8.15. The summed E-state index contributed by atoms with van der Waals surface area (Å²) >= 11 is 0. The van der Waals surface area contributed by atoms with Gasteiger partial charge in [-0.1, -0.05) is 32.0 Å². The topological polar surface area (TPSA) is 25.8 Å². The summed E-state index contributed by atoms with van der Waals surface area (Å²) < 4.78 is 5.88. The van der Waals surface area contributed by atoms with E-state index in [-0.39, 0.29) is 0 Å². The monoisotopic (exact) mass is 236 g/mol. The van der Waals surface area contributed by atoms with Gasteiger partial charge in [-0.25, -0.2) is 0 Å². The van der Waals surface area contributed by atoms with Gasteiger partial charge in [0.05, 0.1) is 6.04 Å². The summed E-state index contributed by atoms with van der Waals surface area (Å²) in [5.74, 6) is 1.62. The second-order valence-corrected chi connectivity index (χ2v) is 4.96. The first-order valence-electron chi connectivity index (χ1n) is 6.70. The Hall–Kier alpha value is -1.02. The second-order valence-electron chi connectivity index (χ2n) is 4.96. The molecule has 0 saturated heterocycles. The maximum atomic E-state index is 5.88. The van der Waals surface area contributed by atoms with E-state index in [1.165, 1.54) is 5.56 Å². The Morgan fingerprint density at radius 3 is 2.53 bits per heavy atom. The molecule has 1 aromatic carbocycles. The van der Waals surface area contributed by atoms with E-state index in [2.05, 4.69) is 51.2 Å².